The molecule has 6 N–H and O–H groups in total. The number of aliphatic hydroxyl groups is 2. The van der Waals surface area contributed by atoms with E-state index in [1.54, 1.807) is 0 Å². The molecule has 0 fully saturated rings. The van der Waals surface area contributed by atoms with E-state index in [4.69, 9.17) is 21.7 Å². The van der Waals surface area contributed by atoms with Crippen LogP contribution < -0.4 is 11.5 Å². The second-order valence-electron chi connectivity index (χ2n) is 1.81. The molecule has 2 unspecified atom stereocenters. The molecule has 0 aromatic rings. The van der Waals surface area contributed by atoms with Crippen LogP contribution in [0.3, 0.4) is 0 Å². The Morgan fingerprint density at radius 2 is 1.62 bits per heavy atom. The summed E-state index contributed by atoms with van der Waals surface area (Å²) >= 11 is 0. The van der Waals surface area contributed by atoms with Crippen LogP contribution in [0.15, 0.2) is 0 Å². The van der Waals surface area contributed by atoms with Crippen LogP contribution in [0, 0.1) is 0 Å². The Balaban J connectivity index is 3.46. The van der Waals surface area contributed by atoms with E-state index in [1.807, 2.05) is 0 Å². The first-order valence-electron chi connectivity index (χ1n) is 2.43. The highest BCUT2D eigenvalue weighted by atomic mass is 16.3. The first kappa shape index (κ1) is 7.84. The Morgan fingerprint density at radius 1 is 1.25 bits per heavy atom. The number of rotatable bonds is 2. The molecule has 0 aliphatic carbocycles. The fraction of sp³-hybridized carbons (Fsp3) is 1.00. The lowest BCUT2D eigenvalue weighted by molar-refractivity contribution is 0.0164. The van der Waals surface area contributed by atoms with Crippen LogP contribution in [0.2, 0.25) is 0 Å². The predicted molar refractivity (Wildman–Crippen MR) is 29.9 cm³/mol. The average molecular weight is 120 g/mol. The highest BCUT2D eigenvalue weighted by molar-refractivity contribution is 4.69. The number of hydrogen-bond acceptors (Lipinski definition) is 4. The minimum atomic E-state index is -1.02. The van der Waals surface area contributed by atoms with Gasteiger partial charge in [0.1, 0.15) is 6.10 Å². The normalized spacial score (nSPS) is 18.8. The standard InChI is InChI=1S/C4H12N2O2/c1-2(7)3(8)4(5)6/h2-4,7-8H,5-6H2,1H3. The van der Waals surface area contributed by atoms with Gasteiger partial charge < -0.3 is 21.7 Å². The minimum Gasteiger partial charge on any atom is -0.391 e. The van der Waals surface area contributed by atoms with Crippen molar-refractivity contribution >= 4 is 0 Å². The summed E-state index contributed by atoms with van der Waals surface area (Å²) in [6.07, 6.45) is -2.72. The summed E-state index contributed by atoms with van der Waals surface area (Å²) in [4.78, 5) is 0. The predicted octanol–water partition coefficient (Wildman–Crippen LogP) is -2.03. The van der Waals surface area contributed by atoms with Gasteiger partial charge in [-0.3, -0.25) is 0 Å². The van der Waals surface area contributed by atoms with Gasteiger partial charge in [0, 0.05) is 0 Å². The molecule has 0 radical (unpaired) electrons. The summed E-state index contributed by atoms with van der Waals surface area (Å²) in [5.41, 5.74) is 10.0. The van der Waals surface area contributed by atoms with Crippen molar-refractivity contribution in [3.8, 4) is 0 Å². The van der Waals surface area contributed by atoms with Crippen LogP contribution >= 0.6 is 0 Å². The van der Waals surface area contributed by atoms with E-state index in [-0.39, 0.29) is 0 Å². The maximum Gasteiger partial charge on any atom is 0.108 e. The van der Waals surface area contributed by atoms with E-state index < -0.39 is 18.4 Å². The zero-order valence-corrected chi connectivity index (χ0v) is 4.78. The van der Waals surface area contributed by atoms with E-state index in [0.29, 0.717) is 0 Å². The van der Waals surface area contributed by atoms with Crippen molar-refractivity contribution in [2.75, 3.05) is 0 Å². The third-order valence-electron chi connectivity index (χ3n) is 0.889. The summed E-state index contributed by atoms with van der Waals surface area (Å²) in [7, 11) is 0. The lowest BCUT2D eigenvalue weighted by atomic mass is 10.2. The van der Waals surface area contributed by atoms with Crippen LogP contribution in [0.25, 0.3) is 0 Å². The van der Waals surface area contributed by atoms with Crippen LogP contribution in [0.1, 0.15) is 6.92 Å². The second kappa shape index (κ2) is 2.99. The fourth-order valence-electron chi connectivity index (χ4n) is 0.322. The van der Waals surface area contributed by atoms with Crippen molar-refractivity contribution < 1.29 is 10.2 Å². The molecule has 0 spiro atoms. The highest BCUT2D eigenvalue weighted by Crippen LogP contribution is 1.90. The van der Waals surface area contributed by atoms with Gasteiger partial charge in [-0.15, -0.1) is 0 Å². The SMILES string of the molecule is CC(O)C(O)C(N)N. The molecule has 0 bridgehead atoms. The molecule has 50 valence electrons. The lowest BCUT2D eigenvalue weighted by Crippen LogP contribution is -2.47. The van der Waals surface area contributed by atoms with E-state index in [0.717, 1.165) is 0 Å². The van der Waals surface area contributed by atoms with Gasteiger partial charge in [-0.05, 0) is 6.92 Å². The average Bonchev–Trinajstić information content (AvgIpc) is 1.64. The fourth-order valence-corrected chi connectivity index (χ4v) is 0.322. The van der Waals surface area contributed by atoms with Crippen molar-refractivity contribution in [2.24, 2.45) is 11.5 Å². The Kier molecular flexibility index (Phi) is 2.93. The smallest absolute Gasteiger partial charge is 0.108 e. The number of aliphatic hydroxyl groups excluding tert-OH is 2. The minimum absolute atomic E-state index is 0.852. The molecule has 0 aliphatic rings. The van der Waals surface area contributed by atoms with E-state index in [2.05, 4.69) is 0 Å². The van der Waals surface area contributed by atoms with E-state index in [1.165, 1.54) is 6.92 Å². The van der Waals surface area contributed by atoms with Gasteiger partial charge in [-0.25, -0.2) is 0 Å². The van der Waals surface area contributed by atoms with Gasteiger partial charge in [-0.2, -0.15) is 0 Å². The summed E-state index contributed by atoms with van der Waals surface area (Å²) in [6, 6.07) is 0. The van der Waals surface area contributed by atoms with Gasteiger partial charge in [0.05, 0.1) is 12.3 Å². The molecule has 4 heteroatoms. The molecule has 0 aromatic carbocycles. The molecule has 0 rings (SSSR count). The third-order valence-corrected chi connectivity index (χ3v) is 0.889. The summed E-state index contributed by atoms with van der Waals surface area (Å²) < 4.78 is 0. The van der Waals surface area contributed by atoms with Gasteiger partial charge in [-0.1, -0.05) is 0 Å². The van der Waals surface area contributed by atoms with Gasteiger partial charge >= 0.3 is 0 Å². The molecule has 2 atom stereocenters. The summed E-state index contributed by atoms with van der Waals surface area (Å²) in [5, 5.41) is 17.3. The molecule has 0 aliphatic heterocycles. The van der Waals surface area contributed by atoms with Crippen molar-refractivity contribution in [3.63, 3.8) is 0 Å². The zero-order chi connectivity index (χ0) is 6.73. The molecule has 8 heavy (non-hydrogen) atoms. The molecule has 4 nitrogen and oxygen atoms in total. The zero-order valence-electron chi connectivity index (χ0n) is 4.78. The van der Waals surface area contributed by atoms with Crippen LogP contribution in [0.5, 0.6) is 0 Å². The number of nitrogens with two attached hydrogens (primary N) is 2. The Hall–Kier alpha value is -0.160. The maximum absolute atomic E-state index is 8.70. The number of hydrogen-bond donors (Lipinski definition) is 4. The van der Waals surface area contributed by atoms with E-state index >= 15 is 0 Å². The van der Waals surface area contributed by atoms with Gasteiger partial charge in [0.15, 0.2) is 0 Å². The molecular formula is C4H12N2O2. The second-order valence-corrected chi connectivity index (χ2v) is 1.81. The monoisotopic (exact) mass is 120 g/mol. The van der Waals surface area contributed by atoms with Crippen molar-refractivity contribution in [3.05, 3.63) is 0 Å². The molecule has 0 aromatic heterocycles. The quantitative estimate of drug-likeness (QED) is 0.316. The first-order valence-corrected chi connectivity index (χ1v) is 2.43. The summed E-state index contributed by atoms with van der Waals surface area (Å²) in [5.74, 6) is 0. The topological polar surface area (TPSA) is 92.5 Å². The Morgan fingerprint density at radius 3 is 1.62 bits per heavy atom. The molecule has 0 saturated heterocycles. The van der Waals surface area contributed by atoms with E-state index in [9.17, 15) is 0 Å². The van der Waals surface area contributed by atoms with Crippen molar-refractivity contribution in [2.45, 2.75) is 25.3 Å². The first-order chi connectivity index (χ1) is 3.55. The molecular weight excluding hydrogens is 108 g/mol. The Labute approximate surface area is 48.1 Å². The van der Waals surface area contributed by atoms with Gasteiger partial charge in [0.25, 0.3) is 0 Å². The van der Waals surface area contributed by atoms with Crippen molar-refractivity contribution in [1.29, 1.82) is 0 Å². The third kappa shape index (κ3) is 2.23. The van der Waals surface area contributed by atoms with Gasteiger partial charge in [0.2, 0.25) is 0 Å². The summed E-state index contributed by atoms with van der Waals surface area (Å²) in [6.45, 7) is 1.43. The van der Waals surface area contributed by atoms with Crippen LogP contribution in [-0.4, -0.2) is 28.6 Å². The maximum atomic E-state index is 8.70. The van der Waals surface area contributed by atoms with Crippen LogP contribution in [-0.2, 0) is 0 Å². The molecule has 0 saturated carbocycles. The van der Waals surface area contributed by atoms with Crippen molar-refractivity contribution in [1.82, 2.24) is 0 Å². The highest BCUT2D eigenvalue weighted by Gasteiger charge is 2.14. The lowest BCUT2D eigenvalue weighted by Gasteiger charge is -2.16. The largest absolute Gasteiger partial charge is 0.391 e. The molecule has 0 heterocycles. The van der Waals surface area contributed by atoms with Crippen LogP contribution in [0.4, 0.5) is 0 Å². The molecule has 0 amide bonds. The Bertz CT molecular complexity index is 57.1.